The van der Waals surface area contributed by atoms with Crippen LogP contribution in [-0.2, 0) is 4.79 Å². The molecule has 0 unspecified atom stereocenters. The number of fused-ring (bicyclic) bond motifs is 3. The molecule has 0 aliphatic carbocycles. The first-order chi connectivity index (χ1) is 15.9. The maximum atomic E-state index is 12.4. The molecule has 0 radical (unpaired) electrons. The molecule has 168 valence electrons. The molecule has 1 amide bonds. The van der Waals surface area contributed by atoms with Crippen molar-refractivity contribution in [2.75, 3.05) is 31.1 Å². The molecular formula is C23H23N7O3. The Labute approximate surface area is 189 Å². The summed E-state index contributed by atoms with van der Waals surface area (Å²) in [7, 11) is 0. The van der Waals surface area contributed by atoms with Crippen LogP contribution in [0.2, 0.25) is 0 Å². The molecule has 1 saturated heterocycles. The van der Waals surface area contributed by atoms with Crippen LogP contribution in [0.1, 0.15) is 13.8 Å². The van der Waals surface area contributed by atoms with Crippen molar-refractivity contribution < 1.29 is 9.72 Å². The van der Waals surface area contributed by atoms with Crippen molar-refractivity contribution in [3.8, 4) is 11.4 Å². The molecule has 0 bridgehead atoms. The van der Waals surface area contributed by atoms with Gasteiger partial charge in [-0.15, -0.1) is 10.2 Å². The lowest BCUT2D eigenvalue weighted by atomic mass is 10.1. The van der Waals surface area contributed by atoms with Crippen LogP contribution in [0.5, 0.6) is 0 Å². The van der Waals surface area contributed by atoms with E-state index in [1.807, 2.05) is 47.4 Å². The third-order valence-electron chi connectivity index (χ3n) is 5.93. The Kier molecular flexibility index (Phi) is 5.12. The summed E-state index contributed by atoms with van der Waals surface area (Å²) in [4.78, 5) is 32.0. The van der Waals surface area contributed by atoms with Crippen molar-refractivity contribution in [3.63, 3.8) is 0 Å². The number of non-ortho nitro benzene ring substituents is 1. The van der Waals surface area contributed by atoms with Crippen LogP contribution in [0, 0.1) is 16.0 Å². The predicted molar refractivity (Wildman–Crippen MR) is 124 cm³/mol. The molecule has 2 aromatic heterocycles. The van der Waals surface area contributed by atoms with Crippen molar-refractivity contribution in [2.24, 2.45) is 5.92 Å². The molecule has 1 fully saturated rings. The Morgan fingerprint density at radius 2 is 1.70 bits per heavy atom. The second-order valence-electron chi connectivity index (χ2n) is 8.38. The number of carbonyl (C=O) groups is 1. The highest BCUT2D eigenvalue weighted by molar-refractivity contribution is 5.93. The van der Waals surface area contributed by atoms with Crippen LogP contribution < -0.4 is 4.90 Å². The van der Waals surface area contributed by atoms with E-state index >= 15 is 0 Å². The molecule has 1 aliphatic heterocycles. The van der Waals surface area contributed by atoms with Gasteiger partial charge in [0.25, 0.3) is 5.69 Å². The number of carbonyl (C=O) groups excluding carboxylic acids is 1. The molecule has 0 saturated carbocycles. The fraction of sp³-hybridized carbons (Fsp3) is 0.304. The molecule has 0 atom stereocenters. The van der Waals surface area contributed by atoms with Crippen molar-refractivity contribution >= 4 is 34.1 Å². The summed E-state index contributed by atoms with van der Waals surface area (Å²) < 4.78 is 1.91. The first-order valence-corrected chi connectivity index (χ1v) is 10.9. The van der Waals surface area contributed by atoms with Gasteiger partial charge in [0.15, 0.2) is 11.5 Å². The number of amides is 1. The Balaban J connectivity index is 1.61. The van der Waals surface area contributed by atoms with Gasteiger partial charge in [-0.2, -0.15) is 0 Å². The maximum Gasteiger partial charge on any atom is 0.269 e. The number of hydrogen-bond donors (Lipinski definition) is 0. The van der Waals surface area contributed by atoms with Crippen molar-refractivity contribution in [1.82, 2.24) is 24.5 Å². The van der Waals surface area contributed by atoms with Crippen LogP contribution in [0.3, 0.4) is 0 Å². The number of piperazine rings is 1. The number of benzene rings is 2. The summed E-state index contributed by atoms with van der Waals surface area (Å²) in [5.41, 5.74) is 2.20. The SMILES string of the molecule is CC(C)C(=O)N1CCN(c2nc3ccccc3c3nnc(-c4ccc([N+](=O)[O-])cc4)n23)CC1. The molecule has 2 aromatic carbocycles. The van der Waals surface area contributed by atoms with Crippen molar-refractivity contribution in [3.05, 3.63) is 58.6 Å². The minimum atomic E-state index is -0.426. The van der Waals surface area contributed by atoms with E-state index in [9.17, 15) is 14.9 Å². The van der Waals surface area contributed by atoms with Gasteiger partial charge in [-0.05, 0) is 24.3 Å². The van der Waals surface area contributed by atoms with Gasteiger partial charge in [0.05, 0.1) is 10.4 Å². The Morgan fingerprint density at radius 3 is 2.36 bits per heavy atom. The van der Waals surface area contributed by atoms with E-state index in [1.165, 1.54) is 12.1 Å². The van der Waals surface area contributed by atoms with E-state index in [-0.39, 0.29) is 17.5 Å². The topological polar surface area (TPSA) is 110 Å². The maximum absolute atomic E-state index is 12.4. The minimum absolute atomic E-state index is 0.0160. The van der Waals surface area contributed by atoms with Crippen LogP contribution in [0.4, 0.5) is 11.6 Å². The third kappa shape index (κ3) is 3.63. The lowest BCUT2D eigenvalue weighted by Crippen LogP contribution is -2.50. The average Bonchev–Trinajstić information content (AvgIpc) is 3.29. The molecule has 10 heteroatoms. The lowest BCUT2D eigenvalue weighted by molar-refractivity contribution is -0.384. The minimum Gasteiger partial charge on any atom is -0.339 e. The quantitative estimate of drug-likeness (QED) is 0.350. The van der Waals surface area contributed by atoms with E-state index in [0.717, 1.165) is 10.9 Å². The zero-order valence-corrected chi connectivity index (χ0v) is 18.4. The van der Waals surface area contributed by atoms with Crippen LogP contribution in [0.25, 0.3) is 27.9 Å². The normalized spacial score (nSPS) is 14.4. The molecule has 0 N–H and O–H groups in total. The summed E-state index contributed by atoms with van der Waals surface area (Å²) in [5.74, 6) is 1.38. The number of nitro benzene ring substituents is 1. The third-order valence-corrected chi connectivity index (χ3v) is 5.93. The highest BCUT2D eigenvalue weighted by Crippen LogP contribution is 2.29. The Hall–Kier alpha value is -4.08. The molecule has 5 rings (SSSR count). The van der Waals surface area contributed by atoms with Gasteiger partial charge >= 0.3 is 0 Å². The van der Waals surface area contributed by atoms with Crippen LogP contribution in [-0.4, -0.2) is 61.5 Å². The lowest BCUT2D eigenvalue weighted by Gasteiger charge is -2.36. The second kappa shape index (κ2) is 8.12. The predicted octanol–water partition coefficient (Wildman–Crippen LogP) is 3.16. The number of nitro groups is 1. The monoisotopic (exact) mass is 445 g/mol. The van der Waals surface area contributed by atoms with Crippen molar-refractivity contribution in [2.45, 2.75) is 13.8 Å². The summed E-state index contributed by atoms with van der Waals surface area (Å²) in [6, 6.07) is 14.0. The number of anilines is 1. The largest absolute Gasteiger partial charge is 0.339 e. The number of para-hydroxylation sites is 1. The highest BCUT2D eigenvalue weighted by Gasteiger charge is 2.27. The van der Waals surface area contributed by atoms with Gasteiger partial charge in [-0.3, -0.25) is 14.9 Å². The van der Waals surface area contributed by atoms with Crippen LogP contribution in [0.15, 0.2) is 48.5 Å². The molecule has 10 nitrogen and oxygen atoms in total. The zero-order valence-electron chi connectivity index (χ0n) is 18.4. The zero-order chi connectivity index (χ0) is 23.1. The number of rotatable bonds is 4. The smallest absolute Gasteiger partial charge is 0.269 e. The highest BCUT2D eigenvalue weighted by atomic mass is 16.6. The van der Waals surface area contributed by atoms with Gasteiger partial charge in [0.1, 0.15) is 0 Å². The summed E-state index contributed by atoms with van der Waals surface area (Å²) in [5, 5.41) is 20.8. The Morgan fingerprint density at radius 1 is 1.00 bits per heavy atom. The van der Waals surface area contributed by atoms with Gasteiger partial charge in [-0.1, -0.05) is 26.0 Å². The molecular weight excluding hydrogens is 422 g/mol. The molecule has 33 heavy (non-hydrogen) atoms. The summed E-state index contributed by atoms with van der Waals surface area (Å²) >= 11 is 0. The van der Waals surface area contributed by atoms with Gasteiger partial charge in [0, 0.05) is 55.2 Å². The van der Waals surface area contributed by atoms with Crippen LogP contribution >= 0.6 is 0 Å². The average molecular weight is 445 g/mol. The number of hydrogen-bond acceptors (Lipinski definition) is 7. The molecule has 4 aromatic rings. The summed E-state index contributed by atoms with van der Waals surface area (Å²) in [6.07, 6.45) is 0. The number of nitrogens with zero attached hydrogens (tertiary/aromatic N) is 7. The van der Waals surface area contributed by atoms with Gasteiger partial charge < -0.3 is 9.80 Å². The Bertz CT molecular complexity index is 1360. The van der Waals surface area contributed by atoms with E-state index in [2.05, 4.69) is 15.1 Å². The van der Waals surface area contributed by atoms with E-state index in [0.29, 0.717) is 49.2 Å². The first-order valence-electron chi connectivity index (χ1n) is 10.9. The van der Waals surface area contributed by atoms with E-state index in [4.69, 9.17) is 4.98 Å². The fourth-order valence-corrected chi connectivity index (χ4v) is 4.19. The molecule has 1 aliphatic rings. The fourth-order valence-electron chi connectivity index (χ4n) is 4.19. The molecule has 3 heterocycles. The van der Waals surface area contributed by atoms with E-state index < -0.39 is 4.92 Å². The van der Waals surface area contributed by atoms with Crippen molar-refractivity contribution in [1.29, 1.82) is 0 Å². The molecule has 0 spiro atoms. The summed E-state index contributed by atoms with van der Waals surface area (Å²) in [6.45, 7) is 6.32. The first kappa shape index (κ1) is 20.8. The van der Waals surface area contributed by atoms with Gasteiger partial charge in [0.2, 0.25) is 11.9 Å². The van der Waals surface area contributed by atoms with Gasteiger partial charge in [-0.25, -0.2) is 9.38 Å². The second-order valence-corrected chi connectivity index (χ2v) is 8.38. The number of aromatic nitrogens is 4. The van der Waals surface area contributed by atoms with E-state index in [1.54, 1.807) is 12.1 Å². The standard InChI is InChI=1S/C23H23N7O3/c1-15(2)22(31)27-11-13-28(14-12-27)23-24-19-6-4-3-5-18(19)21-26-25-20(29(21)23)16-7-9-17(10-8-16)30(32)33/h3-10,15H,11-14H2,1-2H3.